The molecule has 4 heteroatoms. The highest BCUT2D eigenvalue weighted by Crippen LogP contribution is 2.18. The maximum Gasteiger partial charge on any atom is 0.307 e. The van der Waals surface area contributed by atoms with Gasteiger partial charge in [0.2, 0.25) is 0 Å². The van der Waals surface area contributed by atoms with Crippen LogP contribution in [0.5, 0.6) is 5.75 Å². The lowest BCUT2D eigenvalue weighted by molar-refractivity contribution is -0.144. The zero-order valence-corrected chi connectivity index (χ0v) is 10.3. The van der Waals surface area contributed by atoms with Gasteiger partial charge >= 0.3 is 5.97 Å². The van der Waals surface area contributed by atoms with Gasteiger partial charge in [0.25, 0.3) is 0 Å². The minimum atomic E-state index is -0.328. The molecule has 1 unspecified atom stereocenters. The van der Waals surface area contributed by atoms with Crippen molar-refractivity contribution in [3.63, 3.8) is 0 Å². The van der Waals surface area contributed by atoms with Gasteiger partial charge in [-0.1, -0.05) is 19.1 Å². The molecule has 0 saturated heterocycles. The van der Waals surface area contributed by atoms with Gasteiger partial charge in [-0.15, -0.1) is 0 Å². The van der Waals surface area contributed by atoms with E-state index in [1.165, 1.54) is 0 Å². The van der Waals surface area contributed by atoms with Crippen molar-refractivity contribution in [3.05, 3.63) is 29.8 Å². The average molecular weight is 237 g/mol. The number of hydrogen-bond acceptors (Lipinski definition) is 4. The molecular formula is C13H19NO3. The summed E-state index contributed by atoms with van der Waals surface area (Å²) in [5, 5.41) is 0. The molecule has 1 rings (SSSR count). The number of benzene rings is 1. The molecule has 1 aromatic carbocycles. The summed E-state index contributed by atoms with van der Waals surface area (Å²) >= 11 is 0. The number of carbonyl (C=O) groups excluding carboxylic acids is 1. The normalized spacial score (nSPS) is 11.9. The van der Waals surface area contributed by atoms with Crippen molar-refractivity contribution in [2.45, 2.75) is 25.8 Å². The Morgan fingerprint density at radius 3 is 2.53 bits per heavy atom. The third-order valence-electron chi connectivity index (χ3n) is 2.40. The van der Waals surface area contributed by atoms with Crippen LogP contribution in [0.2, 0.25) is 0 Å². The van der Waals surface area contributed by atoms with Crippen molar-refractivity contribution in [2.24, 2.45) is 5.73 Å². The Labute approximate surface area is 102 Å². The number of rotatable bonds is 6. The molecule has 0 heterocycles. The van der Waals surface area contributed by atoms with E-state index in [9.17, 15) is 4.79 Å². The Balaban J connectivity index is 2.51. The molecule has 0 aliphatic carbocycles. The fourth-order valence-corrected chi connectivity index (χ4v) is 1.42. The van der Waals surface area contributed by atoms with E-state index < -0.39 is 0 Å². The number of ether oxygens (including phenoxy) is 2. The van der Waals surface area contributed by atoms with Gasteiger partial charge in [-0.2, -0.15) is 0 Å². The number of esters is 1. The van der Waals surface area contributed by atoms with Crippen LogP contribution in [0.4, 0.5) is 0 Å². The van der Waals surface area contributed by atoms with Gasteiger partial charge in [0.1, 0.15) is 5.75 Å². The van der Waals surface area contributed by atoms with Crippen LogP contribution in [0.25, 0.3) is 0 Å². The molecule has 17 heavy (non-hydrogen) atoms. The first-order valence-corrected chi connectivity index (χ1v) is 5.72. The molecule has 1 atom stereocenters. The minimum absolute atomic E-state index is 0.201. The van der Waals surface area contributed by atoms with Crippen LogP contribution in [0.1, 0.15) is 31.4 Å². The number of hydrogen-bond donors (Lipinski definition) is 1. The van der Waals surface area contributed by atoms with Crippen molar-refractivity contribution in [2.75, 3.05) is 13.7 Å². The van der Waals surface area contributed by atoms with Crippen LogP contribution < -0.4 is 10.5 Å². The minimum Gasteiger partial charge on any atom is -0.497 e. The average Bonchev–Trinajstić information content (AvgIpc) is 2.36. The SMILES string of the molecule is CCCOC(=O)CC(N)c1ccc(OC)cc1. The summed E-state index contributed by atoms with van der Waals surface area (Å²) in [7, 11) is 1.61. The summed E-state index contributed by atoms with van der Waals surface area (Å²) in [6.45, 7) is 2.41. The predicted octanol–water partition coefficient (Wildman–Crippen LogP) is 2.04. The molecule has 94 valence electrons. The van der Waals surface area contributed by atoms with Crippen LogP contribution in [-0.4, -0.2) is 19.7 Å². The molecule has 0 radical (unpaired) electrons. The first-order chi connectivity index (χ1) is 8.17. The monoisotopic (exact) mass is 237 g/mol. The van der Waals surface area contributed by atoms with Gasteiger partial charge in [0.15, 0.2) is 0 Å². The first-order valence-electron chi connectivity index (χ1n) is 5.72. The second-order valence-electron chi connectivity index (χ2n) is 3.80. The van der Waals surface area contributed by atoms with Gasteiger partial charge in [0, 0.05) is 6.04 Å². The van der Waals surface area contributed by atoms with E-state index in [-0.39, 0.29) is 18.4 Å². The lowest BCUT2D eigenvalue weighted by atomic mass is 10.0. The lowest BCUT2D eigenvalue weighted by Crippen LogP contribution is -2.17. The van der Waals surface area contributed by atoms with Crippen LogP contribution in [0.3, 0.4) is 0 Å². The first kappa shape index (κ1) is 13.5. The fraction of sp³-hybridized carbons (Fsp3) is 0.462. The second-order valence-corrected chi connectivity index (χ2v) is 3.80. The third-order valence-corrected chi connectivity index (χ3v) is 2.40. The van der Waals surface area contributed by atoms with Crippen LogP contribution in [0.15, 0.2) is 24.3 Å². The predicted molar refractivity (Wildman–Crippen MR) is 65.8 cm³/mol. The summed E-state index contributed by atoms with van der Waals surface area (Å²) in [5.74, 6) is 0.518. The quantitative estimate of drug-likeness (QED) is 0.769. The van der Waals surface area contributed by atoms with Gasteiger partial charge in [-0.05, 0) is 24.1 Å². The zero-order valence-electron chi connectivity index (χ0n) is 10.3. The Hall–Kier alpha value is -1.55. The van der Waals surface area contributed by atoms with Gasteiger partial charge in [-0.3, -0.25) is 4.79 Å². The van der Waals surface area contributed by atoms with E-state index in [2.05, 4.69) is 0 Å². The molecule has 0 bridgehead atoms. The summed E-state index contributed by atoms with van der Waals surface area (Å²) in [5.41, 5.74) is 6.82. The van der Waals surface area contributed by atoms with E-state index in [4.69, 9.17) is 15.2 Å². The maximum atomic E-state index is 11.4. The van der Waals surface area contributed by atoms with E-state index in [0.717, 1.165) is 17.7 Å². The standard InChI is InChI=1S/C13H19NO3/c1-3-8-17-13(15)9-12(14)10-4-6-11(16-2)7-5-10/h4-7,12H,3,8-9,14H2,1-2H3. The third kappa shape index (κ3) is 4.44. The molecular weight excluding hydrogens is 218 g/mol. The Morgan fingerprint density at radius 2 is 2.00 bits per heavy atom. The molecule has 0 aromatic heterocycles. The lowest BCUT2D eigenvalue weighted by Gasteiger charge is -2.12. The smallest absolute Gasteiger partial charge is 0.307 e. The summed E-state index contributed by atoms with van der Waals surface area (Å²) in [6, 6.07) is 7.04. The van der Waals surface area contributed by atoms with E-state index in [1.807, 2.05) is 31.2 Å². The highest BCUT2D eigenvalue weighted by atomic mass is 16.5. The molecule has 0 fully saturated rings. The van der Waals surface area contributed by atoms with E-state index in [0.29, 0.717) is 6.61 Å². The summed E-state index contributed by atoms with van der Waals surface area (Å²) < 4.78 is 10.0. The maximum absolute atomic E-state index is 11.4. The fourth-order valence-electron chi connectivity index (χ4n) is 1.42. The Kier molecular flexibility index (Phi) is 5.49. The van der Waals surface area contributed by atoms with Crippen molar-refractivity contribution in [3.8, 4) is 5.75 Å². The molecule has 1 aromatic rings. The molecule has 4 nitrogen and oxygen atoms in total. The van der Waals surface area contributed by atoms with Gasteiger partial charge in [-0.25, -0.2) is 0 Å². The molecule has 0 saturated carbocycles. The van der Waals surface area contributed by atoms with Crippen molar-refractivity contribution in [1.29, 1.82) is 0 Å². The van der Waals surface area contributed by atoms with Gasteiger partial charge < -0.3 is 15.2 Å². The van der Waals surface area contributed by atoms with Crippen molar-refractivity contribution in [1.82, 2.24) is 0 Å². The summed E-state index contributed by atoms with van der Waals surface area (Å²) in [6.07, 6.45) is 1.02. The highest BCUT2D eigenvalue weighted by molar-refractivity contribution is 5.70. The van der Waals surface area contributed by atoms with Crippen molar-refractivity contribution < 1.29 is 14.3 Å². The second kappa shape index (κ2) is 6.91. The number of nitrogens with two attached hydrogens (primary N) is 1. The molecule has 0 amide bonds. The van der Waals surface area contributed by atoms with E-state index >= 15 is 0 Å². The molecule has 0 aliphatic rings. The Morgan fingerprint density at radius 1 is 1.35 bits per heavy atom. The topological polar surface area (TPSA) is 61.5 Å². The van der Waals surface area contributed by atoms with Crippen LogP contribution in [0, 0.1) is 0 Å². The molecule has 0 spiro atoms. The van der Waals surface area contributed by atoms with Gasteiger partial charge in [0.05, 0.1) is 20.1 Å². The highest BCUT2D eigenvalue weighted by Gasteiger charge is 2.12. The van der Waals surface area contributed by atoms with E-state index in [1.54, 1.807) is 7.11 Å². The van der Waals surface area contributed by atoms with Crippen molar-refractivity contribution >= 4 is 5.97 Å². The number of methoxy groups -OCH3 is 1. The largest absolute Gasteiger partial charge is 0.497 e. The number of carbonyl (C=O) groups is 1. The van der Waals surface area contributed by atoms with Crippen LogP contribution in [-0.2, 0) is 9.53 Å². The zero-order chi connectivity index (χ0) is 12.7. The molecule has 2 N–H and O–H groups in total. The molecule has 0 aliphatic heterocycles. The van der Waals surface area contributed by atoms with Crippen LogP contribution >= 0.6 is 0 Å². The Bertz CT molecular complexity index is 348. The summed E-state index contributed by atoms with van der Waals surface area (Å²) in [4.78, 5) is 11.4.